The zero-order valence-corrected chi connectivity index (χ0v) is 10.7. The van der Waals surface area contributed by atoms with Crippen LogP contribution < -0.4 is 10.5 Å². The van der Waals surface area contributed by atoms with Gasteiger partial charge in [0.1, 0.15) is 18.6 Å². The molecule has 0 fully saturated rings. The van der Waals surface area contributed by atoms with Crippen molar-refractivity contribution in [3.63, 3.8) is 0 Å². The maximum atomic E-state index is 10.5. The first-order valence-corrected chi connectivity index (χ1v) is 6.24. The van der Waals surface area contributed by atoms with E-state index in [0.29, 0.717) is 13.0 Å². The highest BCUT2D eigenvalue weighted by atomic mass is 16.5. The highest BCUT2D eigenvalue weighted by molar-refractivity contribution is 5.57. The summed E-state index contributed by atoms with van der Waals surface area (Å²) in [5, 5.41) is 0. The Morgan fingerprint density at radius 1 is 1.05 bits per heavy atom. The number of carbonyl (C=O) groups excluding carboxylic acids is 1. The lowest BCUT2D eigenvalue weighted by molar-refractivity contribution is -0.108. The summed E-state index contributed by atoms with van der Waals surface area (Å²) in [6, 6.07) is 17.2. The molecular formula is C16H17NO2. The number of nitrogens with two attached hydrogens (primary N) is 1. The van der Waals surface area contributed by atoms with Crippen LogP contribution in [0.15, 0.2) is 54.6 Å². The summed E-state index contributed by atoms with van der Waals surface area (Å²) in [6.45, 7) is 0.532. The smallest absolute Gasteiger partial charge is 0.137 e. The van der Waals surface area contributed by atoms with Gasteiger partial charge in [-0.1, -0.05) is 42.5 Å². The van der Waals surface area contributed by atoms with Crippen molar-refractivity contribution in [1.29, 1.82) is 0 Å². The van der Waals surface area contributed by atoms with Crippen LogP contribution in [0.25, 0.3) is 0 Å². The maximum absolute atomic E-state index is 10.5. The van der Waals surface area contributed by atoms with Crippen LogP contribution in [0.5, 0.6) is 5.75 Å². The fourth-order valence-electron chi connectivity index (χ4n) is 1.82. The van der Waals surface area contributed by atoms with Crippen molar-refractivity contribution in [2.45, 2.75) is 19.1 Å². The lowest BCUT2D eigenvalue weighted by atomic mass is 10.1. The maximum Gasteiger partial charge on any atom is 0.137 e. The van der Waals surface area contributed by atoms with Gasteiger partial charge in [0.25, 0.3) is 0 Å². The first-order chi connectivity index (χ1) is 9.28. The second-order valence-electron chi connectivity index (χ2n) is 4.43. The van der Waals surface area contributed by atoms with Crippen molar-refractivity contribution >= 4 is 6.29 Å². The minimum Gasteiger partial charge on any atom is -0.489 e. The summed E-state index contributed by atoms with van der Waals surface area (Å²) in [7, 11) is 0. The first-order valence-electron chi connectivity index (χ1n) is 6.24. The third kappa shape index (κ3) is 4.23. The Labute approximate surface area is 113 Å². The molecule has 0 saturated heterocycles. The summed E-state index contributed by atoms with van der Waals surface area (Å²) in [4.78, 5) is 10.5. The third-order valence-corrected chi connectivity index (χ3v) is 2.79. The average molecular weight is 255 g/mol. The Hall–Kier alpha value is -2.13. The van der Waals surface area contributed by atoms with Crippen molar-refractivity contribution in [3.8, 4) is 5.75 Å². The van der Waals surface area contributed by atoms with Crippen molar-refractivity contribution in [2.75, 3.05) is 0 Å². The molecule has 2 N–H and O–H groups in total. The molecule has 3 heteroatoms. The van der Waals surface area contributed by atoms with Crippen LogP contribution in [0.1, 0.15) is 11.1 Å². The van der Waals surface area contributed by atoms with E-state index in [9.17, 15) is 4.79 Å². The molecule has 0 aliphatic rings. The van der Waals surface area contributed by atoms with Crippen molar-refractivity contribution in [3.05, 3.63) is 65.7 Å². The average Bonchev–Trinajstić information content (AvgIpc) is 2.46. The highest BCUT2D eigenvalue weighted by Crippen LogP contribution is 2.16. The predicted molar refractivity (Wildman–Crippen MR) is 75.0 cm³/mol. The van der Waals surface area contributed by atoms with E-state index < -0.39 is 6.04 Å². The number of benzene rings is 2. The minimum atomic E-state index is -0.454. The van der Waals surface area contributed by atoms with Gasteiger partial charge >= 0.3 is 0 Å². The largest absolute Gasteiger partial charge is 0.489 e. The normalized spacial score (nSPS) is 11.8. The molecule has 0 bridgehead atoms. The van der Waals surface area contributed by atoms with E-state index in [1.165, 1.54) is 0 Å². The summed E-state index contributed by atoms with van der Waals surface area (Å²) >= 11 is 0. The van der Waals surface area contributed by atoms with Gasteiger partial charge in [0, 0.05) is 0 Å². The van der Waals surface area contributed by atoms with Crippen LogP contribution in [-0.4, -0.2) is 12.3 Å². The van der Waals surface area contributed by atoms with E-state index in [2.05, 4.69) is 0 Å². The lowest BCUT2D eigenvalue weighted by Crippen LogP contribution is -2.23. The standard InChI is InChI=1S/C16H17NO2/c17-15(11-18)9-14-7-4-8-16(10-14)19-12-13-5-2-1-3-6-13/h1-8,10-11,15H,9,12,17H2. The van der Waals surface area contributed by atoms with Crippen LogP contribution in [0.4, 0.5) is 0 Å². The van der Waals surface area contributed by atoms with Crippen LogP contribution in [0.2, 0.25) is 0 Å². The van der Waals surface area contributed by atoms with Crippen molar-refractivity contribution in [1.82, 2.24) is 0 Å². The molecule has 2 aromatic rings. The monoisotopic (exact) mass is 255 g/mol. The third-order valence-electron chi connectivity index (χ3n) is 2.79. The fourth-order valence-corrected chi connectivity index (χ4v) is 1.82. The quantitative estimate of drug-likeness (QED) is 0.806. The molecule has 0 aromatic heterocycles. The van der Waals surface area contributed by atoms with E-state index in [1.54, 1.807) is 0 Å². The molecule has 0 aliphatic carbocycles. The molecule has 0 heterocycles. The van der Waals surface area contributed by atoms with Crippen LogP contribution >= 0.6 is 0 Å². The molecule has 1 unspecified atom stereocenters. The molecule has 0 saturated carbocycles. The Morgan fingerprint density at radius 2 is 1.79 bits per heavy atom. The number of hydrogen-bond donors (Lipinski definition) is 1. The van der Waals surface area contributed by atoms with Gasteiger partial charge in [0.2, 0.25) is 0 Å². The Morgan fingerprint density at radius 3 is 2.53 bits per heavy atom. The molecule has 19 heavy (non-hydrogen) atoms. The topological polar surface area (TPSA) is 52.3 Å². The summed E-state index contributed by atoms with van der Waals surface area (Å²) in [6.07, 6.45) is 1.30. The van der Waals surface area contributed by atoms with Crippen LogP contribution in [0.3, 0.4) is 0 Å². The van der Waals surface area contributed by atoms with Gasteiger partial charge in [-0.15, -0.1) is 0 Å². The van der Waals surface area contributed by atoms with Gasteiger partial charge in [0.05, 0.1) is 6.04 Å². The van der Waals surface area contributed by atoms with Gasteiger partial charge in [0.15, 0.2) is 0 Å². The number of carbonyl (C=O) groups is 1. The molecule has 0 aliphatic heterocycles. The Kier molecular flexibility index (Phi) is 4.70. The van der Waals surface area contributed by atoms with E-state index >= 15 is 0 Å². The fraction of sp³-hybridized carbons (Fsp3) is 0.188. The number of ether oxygens (including phenoxy) is 1. The van der Waals surface area contributed by atoms with Crippen molar-refractivity contribution < 1.29 is 9.53 Å². The molecule has 1 atom stereocenters. The van der Waals surface area contributed by atoms with E-state index in [-0.39, 0.29) is 0 Å². The van der Waals surface area contributed by atoms with E-state index in [4.69, 9.17) is 10.5 Å². The summed E-state index contributed by atoms with van der Waals surface area (Å²) < 4.78 is 5.72. The van der Waals surface area contributed by atoms with Crippen molar-refractivity contribution in [2.24, 2.45) is 5.73 Å². The molecule has 2 aromatic carbocycles. The number of hydrogen-bond acceptors (Lipinski definition) is 3. The zero-order chi connectivity index (χ0) is 13.5. The predicted octanol–water partition coefficient (Wildman–Crippen LogP) is 2.33. The van der Waals surface area contributed by atoms with E-state index in [0.717, 1.165) is 23.2 Å². The second kappa shape index (κ2) is 6.71. The van der Waals surface area contributed by atoms with Gasteiger partial charge in [-0.3, -0.25) is 0 Å². The SMILES string of the molecule is NC(C=O)Cc1cccc(OCc2ccccc2)c1. The van der Waals surface area contributed by atoms with E-state index in [1.807, 2.05) is 54.6 Å². The zero-order valence-electron chi connectivity index (χ0n) is 10.7. The van der Waals surface area contributed by atoms with Gasteiger partial charge in [-0.05, 0) is 29.7 Å². The lowest BCUT2D eigenvalue weighted by Gasteiger charge is -2.09. The highest BCUT2D eigenvalue weighted by Gasteiger charge is 2.03. The molecule has 2 rings (SSSR count). The summed E-state index contributed by atoms with van der Waals surface area (Å²) in [5.74, 6) is 0.791. The molecule has 0 amide bonds. The molecular weight excluding hydrogens is 238 g/mol. The number of aldehydes is 1. The van der Waals surface area contributed by atoms with Gasteiger partial charge < -0.3 is 15.3 Å². The van der Waals surface area contributed by atoms with Gasteiger partial charge in [-0.25, -0.2) is 0 Å². The Balaban J connectivity index is 1.97. The number of rotatable bonds is 6. The Bertz CT molecular complexity index is 525. The molecule has 3 nitrogen and oxygen atoms in total. The molecule has 98 valence electrons. The first kappa shape index (κ1) is 13.3. The summed E-state index contributed by atoms with van der Waals surface area (Å²) in [5.41, 5.74) is 7.74. The van der Waals surface area contributed by atoms with Gasteiger partial charge in [-0.2, -0.15) is 0 Å². The molecule has 0 spiro atoms. The second-order valence-corrected chi connectivity index (χ2v) is 4.43. The molecule has 0 radical (unpaired) electrons. The van der Waals surface area contributed by atoms with Crippen LogP contribution in [0, 0.1) is 0 Å². The van der Waals surface area contributed by atoms with Crippen LogP contribution in [-0.2, 0) is 17.8 Å². The minimum absolute atomic E-state index is 0.454.